The van der Waals surface area contributed by atoms with Gasteiger partial charge in [-0.1, -0.05) is 0 Å². The van der Waals surface area contributed by atoms with Crippen molar-refractivity contribution in [2.24, 2.45) is 0 Å². The Morgan fingerprint density at radius 1 is 1.04 bits per heavy atom. The number of ether oxygens (including phenoxy) is 2. The predicted molar refractivity (Wildman–Crippen MR) is 105 cm³/mol. The molecule has 0 spiro atoms. The molecule has 0 aliphatic heterocycles. The van der Waals surface area contributed by atoms with E-state index in [-0.39, 0.29) is 12.5 Å². The average molecular weight is 365 g/mol. The molecule has 0 atom stereocenters. The number of benzene rings is 2. The first-order chi connectivity index (χ1) is 13.2. The van der Waals surface area contributed by atoms with Crippen molar-refractivity contribution in [1.82, 2.24) is 0 Å². The summed E-state index contributed by atoms with van der Waals surface area (Å²) in [6, 6.07) is 13.0. The van der Waals surface area contributed by atoms with Gasteiger partial charge in [0.1, 0.15) is 22.8 Å². The van der Waals surface area contributed by atoms with Crippen LogP contribution in [0.4, 0.5) is 5.69 Å². The van der Waals surface area contributed by atoms with Crippen LogP contribution in [0, 0.1) is 0 Å². The second-order valence-electron chi connectivity index (χ2n) is 6.66. The number of rotatable bonds is 6. The monoisotopic (exact) mass is 365 g/mol. The Hall–Kier alpha value is -2.95. The number of aryl methyl sites for hydroxylation is 2. The fourth-order valence-corrected chi connectivity index (χ4v) is 3.48. The van der Waals surface area contributed by atoms with Crippen LogP contribution in [0.15, 0.2) is 46.9 Å². The lowest BCUT2D eigenvalue weighted by atomic mass is 9.96. The molecule has 1 heterocycles. The van der Waals surface area contributed by atoms with Gasteiger partial charge >= 0.3 is 0 Å². The van der Waals surface area contributed by atoms with Crippen LogP contribution in [-0.4, -0.2) is 19.1 Å². The van der Waals surface area contributed by atoms with Gasteiger partial charge in [-0.2, -0.15) is 0 Å². The van der Waals surface area contributed by atoms with Crippen LogP contribution >= 0.6 is 0 Å². The van der Waals surface area contributed by atoms with E-state index in [0.29, 0.717) is 18.0 Å². The van der Waals surface area contributed by atoms with Crippen molar-refractivity contribution in [1.29, 1.82) is 0 Å². The number of nitrogens with one attached hydrogen (secondary N) is 1. The number of hydrogen-bond acceptors (Lipinski definition) is 4. The second-order valence-corrected chi connectivity index (χ2v) is 6.66. The maximum atomic E-state index is 12.2. The number of hydrogen-bond donors (Lipinski definition) is 1. The minimum atomic E-state index is -0.200. The quantitative estimate of drug-likeness (QED) is 0.686. The number of carbonyl (C=O) groups excluding carboxylic acids is 1. The molecule has 1 aromatic heterocycles. The maximum absolute atomic E-state index is 12.2. The standard InChI is InChI=1S/C22H23NO4/c1-2-25-16-9-7-15(8-10-16)23-22(24)14-26-17-11-12-21-19(13-17)18-5-3-4-6-20(18)27-21/h7-13H,2-6,14H2,1H3,(H,23,24). The van der Waals surface area contributed by atoms with Crippen molar-refractivity contribution in [3.8, 4) is 11.5 Å². The van der Waals surface area contributed by atoms with Crippen molar-refractivity contribution in [2.45, 2.75) is 32.6 Å². The van der Waals surface area contributed by atoms with E-state index >= 15 is 0 Å². The van der Waals surface area contributed by atoms with Gasteiger partial charge < -0.3 is 19.2 Å². The van der Waals surface area contributed by atoms with E-state index in [1.54, 1.807) is 0 Å². The van der Waals surface area contributed by atoms with E-state index < -0.39 is 0 Å². The van der Waals surface area contributed by atoms with Crippen molar-refractivity contribution in [3.05, 3.63) is 53.8 Å². The molecule has 4 rings (SSSR count). The highest BCUT2D eigenvalue weighted by Gasteiger charge is 2.18. The summed E-state index contributed by atoms with van der Waals surface area (Å²) in [4.78, 5) is 12.2. The molecule has 1 aliphatic carbocycles. The molecule has 1 aliphatic rings. The minimum absolute atomic E-state index is 0.0429. The lowest BCUT2D eigenvalue weighted by molar-refractivity contribution is -0.118. The lowest BCUT2D eigenvalue weighted by Crippen LogP contribution is -2.20. The molecule has 1 amide bonds. The molecule has 5 heteroatoms. The van der Waals surface area contributed by atoms with Crippen molar-refractivity contribution in [3.63, 3.8) is 0 Å². The first-order valence-electron chi connectivity index (χ1n) is 9.43. The summed E-state index contributed by atoms with van der Waals surface area (Å²) in [6.07, 6.45) is 4.42. The summed E-state index contributed by atoms with van der Waals surface area (Å²) in [5.41, 5.74) is 2.90. The lowest BCUT2D eigenvalue weighted by Gasteiger charge is -2.10. The first-order valence-corrected chi connectivity index (χ1v) is 9.43. The normalized spacial score (nSPS) is 13.2. The Kier molecular flexibility index (Phi) is 5.01. The minimum Gasteiger partial charge on any atom is -0.494 e. The summed E-state index contributed by atoms with van der Waals surface area (Å²) >= 11 is 0. The number of furan rings is 1. The van der Waals surface area contributed by atoms with Crippen LogP contribution in [0.25, 0.3) is 11.0 Å². The molecule has 0 unspecified atom stereocenters. The summed E-state index contributed by atoms with van der Waals surface area (Å²) in [5, 5.41) is 3.93. The molecule has 3 aromatic rings. The predicted octanol–water partition coefficient (Wildman–Crippen LogP) is 4.73. The largest absolute Gasteiger partial charge is 0.494 e. The fourth-order valence-electron chi connectivity index (χ4n) is 3.48. The van der Waals surface area contributed by atoms with Gasteiger partial charge in [-0.3, -0.25) is 4.79 Å². The Morgan fingerprint density at radius 3 is 2.63 bits per heavy atom. The van der Waals surface area contributed by atoms with Crippen LogP contribution < -0.4 is 14.8 Å². The van der Waals surface area contributed by atoms with Crippen LogP contribution in [0.1, 0.15) is 31.1 Å². The zero-order valence-corrected chi connectivity index (χ0v) is 15.4. The smallest absolute Gasteiger partial charge is 0.262 e. The number of amides is 1. The maximum Gasteiger partial charge on any atom is 0.262 e. The average Bonchev–Trinajstić information content (AvgIpc) is 3.06. The van der Waals surface area contributed by atoms with Gasteiger partial charge in [0.05, 0.1) is 6.61 Å². The molecule has 2 aromatic carbocycles. The summed E-state index contributed by atoms with van der Waals surface area (Å²) in [7, 11) is 0. The molecule has 140 valence electrons. The second kappa shape index (κ2) is 7.74. The topological polar surface area (TPSA) is 60.7 Å². The third-order valence-electron chi connectivity index (χ3n) is 4.75. The van der Waals surface area contributed by atoms with E-state index in [9.17, 15) is 4.79 Å². The number of carbonyl (C=O) groups is 1. The summed E-state index contributed by atoms with van der Waals surface area (Å²) in [5.74, 6) is 2.36. The van der Waals surface area contributed by atoms with Crippen molar-refractivity contribution in [2.75, 3.05) is 18.5 Å². The Balaban J connectivity index is 1.38. The first kappa shape index (κ1) is 17.5. The van der Waals surface area contributed by atoms with Gasteiger partial charge in [0.15, 0.2) is 6.61 Å². The number of anilines is 1. The van der Waals surface area contributed by atoms with Crippen LogP contribution in [-0.2, 0) is 17.6 Å². The highest BCUT2D eigenvalue weighted by molar-refractivity contribution is 5.92. The van der Waals surface area contributed by atoms with Gasteiger partial charge in [0, 0.05) is 23.1 Å². The van der Waals surface area contributed by atoms with Gasteiger partial charge in [-0.25, -0.2) is 0 Å². The van der Waals surface area contributed by atoms with E-state index in [1.807, 2.05) is 49.4 Å². The van der Waals surface area contributed by atoms with Gasteiger partial charge in [0.25, 0.3) is 5.91 Å². The molecule has 0 saturated heterocycles. The van der Waals surface area contributed by atoms with Crippen molar-refractivity contribution >= 4 is 22.6 Å². The zero-order valence-electron chi connectivity index (χ0n) is 15.4. The third-order valence-corrected chi connectivity index (χ3v) is 4.75. The summed E-state index contributed by atoms with van der Waals surface area (Å²) < 4.78 is 17.0. The van der Waals surface area contributed by atoms with Gasteiger partial charge in [0.2, 0.25) is 0 Å². The van der Waals surface area contributed by atoms with Gasteiger partial charge in [-0.05, 0) is 68.7 Å². The number of fused-ring (bicyclic) bond motifs is 3. The molecule has 0 fully saturated rings. The van der Waals surface area contributed by atoms with E-state index in [0.717, 1.165) is 35.3 Å². The molecule has 0 radical (unpaired) electrons. The van der Waals surface area contributed by atoms with Crippen LogP contribution in [0.2, 0.25) is 0 Å². The third kappa shape index (κ3) is 3.92. The molecular weight excluding hydrogens is 342 g/mol. The highest BCUT2D eigenvalue weighted by Crippen LogP contribution is 2.33. The van der Waals surface area contributed by atoms with Crippen LogP contribution in [0.3, 0.4) is 0 Å². The molecule has 5 nitrogen and oxygen atoms in total. The van der Waals surface area contributed by atoms with Crippen LogP contribution in [0.5, 0.6) is 11.5 Å². The molecular formula is C22H23NO4. The van der Waals surface area contributed by atoms with E-state index in [4.69, 9.17) is 13.9 Å². The Morgan fingerprint density at radius 2 is 1.81 bits per heavy atom. The van der Waals surface area contributed by atoms with Crippen molar-refractivity contribution < 1.29 is 18.7 Å². The molecule has 27 heavy (non-hydrogen) atoms. The Bertz CT molecular complexity index is 943. The van der Waals surface area contributed by atoms with E-state index in [2.05, 4.69) is 5.32 Å². The molecule has 0 saturated carbocycles. The molecule has 0 bridgehead atoms. The SMILES string of the molecule is CCOc1ccc(NC(=O)COc2ccc3oc4c(c3c2)CCCC4)cc1. The zero-order chi connectivity index (χ0) is 18.6. The van der Waals surface area contributed by atoms with E-state index in [1.165, 1.54) is 18.4 Å². The molecule has 1 N–H and O–H groups in total. The summed E-state index contributed by atoms with van der Waals surface area (Å²) in [6.45, 7) is 2.51. The highest BCUT2D eigenvalue weighted by atomic mass is 16.5. The fraction of sp³-hybridized carbons (Fsp3) is 0.318. The van der Waals surface area contributed by atoms with Gasteiger partial charge in [-0.15, -0.1) is 0 Å². The Labute approximate surface area is 158 Å².